The number of aryl methyl sites for hydroxylation is 2. The molecule has 1 aliphatic heterocycles. The molecule has 1 amide bonds. The molecule has 2 aromatic heterocycles. The van der Waals surface area contributed by atoms with Crippen LogP contribution in [-0.4, -0.2) is 42.0 Å². The number of carbonyl (C=O) groups excluding carboxylic acids is 1. The molecule has 1 aromatic carbocycles. The number of nitrogens with zero attached hydrogens (tertiary/aromatic N) is 3. The van der Waals surface area contributed by atoms with E-state index in [0.717, 1.165) is 55.7 Å². The zero-order valence-electron chi connectivity index (χ0n) is 15.5. The topological polar surface area (TPSA) is 59.4 Å². The lowest BCUT2D eigenvalue weighted by atomic mass is 10.1. The number of benzene rings is 1. The van der Waals surface area contributed by atoms with Crippen molar-refractivity contribution in [1.82, 2.24) is 9.78 Å². The van der Waals surface area contributed by atoms with Crippen LogP contribution in [0.2, 0.25) is 0 Å². The summed E-state index contributed by atoms with van der Waals surface area (Å²) in [6.45, 7) is 3.15. The number of hydrogen-bond donors (Lipinski definition) is 1. The van der Waals surface area contributed by atoms with E-state index < -0.39 is 0 Å². The van der Waals surface area contributed by atoms with Crippen LogP contribution in [0.4, 0.5) is 11.5 Å². The van der Waals surface area contributed by atoms with E-state index in [1.807, 2.05) is 29.9 Å². The van der Waals surface area contributed by atoms with Gasteiger partial charge in [0.15, 0.2) is 5.82 Å². The van der Waals surface area contributed by atoms with Crippen molar-refractivity contribution in [1.29, 1.82) is 0 Å². The van der Waals surface area contributed by atoms with Crippen LogP contribution in [0, 0.1) is 0 Å². The third kappa shape index (κ3) is 3.99. The van der Waals surface area contributed by atoms with Crippen LogP contribution < -0.4 is 10.2 Å². The molecule has 142 valence electrons. The first-order chi connectivity index (χ1) is 13.2. The van der Waals surface area contributed by atoms with Crippen molar-refractivity contribution in [2.75, 3.05) is 36.5 Å². The SMILES string of the molecule is Cn1nc(NC(=O)CCCc2cccs2)c2c(N3CCOCC3)cccc21. The number of ether oxygens (including phenoxy) is 1. The smallest absolute Gasteiger partial charge is 0.225 e. The number of rotatable bonds is 6. The van der Waals surface area contributed by atoms with Crippen LogP contribution in [0.3, 0.4) is 0 Å². The molecule has 0 radical (unpaired) electrons. The largest absolute Gasteiger partial charge is 0.378 e. The number of fused-ring (bicyclic) bond motifs is 1. The van der Waals surface area contributed by atoms with Crippen molar-refractivity contribution in [3.05, 3.63) is 40.6 Å². The predicted molar refractivity (Wildman–Crippen MR) is 110 cm³/mol. The van der Waals surface area contributed by atoms with E-state index in [1.54, 1.807) is 11.3 Å². The fraction of sp³-hybridized carbons (Fsp3) is 0.400. The monoisotopic (exact) mass is 384 g/mol. The highest BCUT2D eigenvalue weighted by Gasteiger charge is 2.20. The molecule has 3 heterocycles. The number of aromatic nitrogens is 2. The lowest BCUT2D eigenvalue weighted by Gasteiger charge is -2.29. The van der Waals surface area contributed by atoms with E-state index in [9.17, 15) is 4.79 Å². The molecular weight excluding hydrogens is 360 g/mol. The number of amides is 1. The summed E-state index contributed by atoms with van der Waals surface area (Å²) in [4.78, 5) is 16.1. The summed E-state index contributed by atoms with van der Waals surface area (Å²) < 4.78 is 7.31. The van der Waals surface area contributed by atoms with Gasteiger partial charge < -0.3 is 15.0 Å². The van der Waals surface area contributed by atoms with Crippen molar-refractivity contribution in [3.63, 3.8) is 0 Å². The Hall–Kier alpha value is -2.38. The van der Waals surface area contributed by atoms with E-state index in [-0.39, 0.29) is 5.91 Å². The maximum Gasteiger partial charge on any atom is 0.225 e. The van der Waals surface area contributed by atoms with E-state index in [0.29, 0.717) is 12.2 Å². The Bertz CT molecular complexity index is 914. The summed E-state index contributed by atoms with van der Waals surface area (Å²) >= 11 is 1.74. The zero-order valence-corrected chi connectivity index (χ0v) is 16.3. The van der Waals surface area contributed by atoms with E-state index >= 15 is 0 Å². The van der Waals surface area contributed by atoms with Crippen LogP contribution in [0.15, 0.2) is 35.7 Å². The fourth-order valence-corrected chi connectivity index (χ4v) is 4.27. The Kier molecular flexibility index (Phi) is 5.40. The van der Waals surface area contributed by atoms with Crippen LogP contribution >= 0.6 is 11.3 Å². The summed E-state index contributed by atoms with van der Waals surface area (Å²) in [5, 5.41) is 10.7. The fourth-order valence-electron chi connectivity index (χ4n) is 3.52. The number of anilines is 2. The summed E-state index contributed by atoms with van der Waals surface area (Å²) in [5.74, 6) is 0.666. The van der Waals surface area contributed by atoms with Gasteiger partial charge >= 0.3 is 0 Å². The second-order valence-electron chi connectivity index (χ2n) is 6.72. The Morgan fingerprint density at radius 3 is 2.89 bits per heavy atom. The van der Waals surface area contributed by atoms with Gasteiger partial charge in [0.05, 0.1) is 29.8 Å². The van der Waals surface area contributed by atoms with Gasteiger partial charge in [0.25, 0.3) is 0 Å². The van der Waals surface area contributed by atoms with Crippen LogP contribution in [-0.2, 0) is 23.0 Å². The molecule has 1 fully saturated rings. The minimum Gasteiger partial charge on any atom is -0.378 e. The number of morpholine rings is 1. The second-order valence-corrected chi connectivity index (χ2v) is 7.76. The summed E-state index contributed by atoms with van der Waals surface area (Å²) in [6.07, 6.45) is 2.27. The van der Waals surface area contributed by atoms with Crippen LogP contribution in [0.1, 0.15) is 17.7 Å². The average molecular weight is 385 g/mol. The quantitative estimate of drug-likeness (QED) is 0.707. The zero-order chi connectivity index (χ0) is 18.6. The predicted octanol–water partition coefficient (Wildman–Crippen LogP) is 3.43. The van der Waals surface area contributed by atoms with E-state index in [4.69, 9.17) is 4.74 Å². The van der Waals surface area contributed by atoms with Crippen LogP contribution in [0.25, 0.3) is 10.9 Å². The third-order valence-electron chi connectivity index (χ3n) is 4.87. The van der Waals surface area contributed by atoms with Gasteiger partial charge in [-0.2, -0.15) is 5.10 Å². The van der Waals surface area contributed by atoms with E-state index in [1.165, 1.54) is 4.88 Å². The highest BCUT2D eigenvalue weighted by molar-refractivity contribution is 7.09. The van der Waals surface area contributed by atoms with Crippen molar-refractivity contribution in [2.45, 2.75) is 19.3 Å². The first kappa shape index (κ1) is 18.0. The van der Waals surface area contributed by atoms with E-state index in [2.05, 4.69) is 32.8 Å². The number of carbonyl (C=O) groups is 1. The molecular formula is C20H24N4O2S. The molecule has 0 spiro atoms. The van der Waals surface area contributed by atoms with Gasteiger partial charge in [-0.15, -0.1) is 11.3 Å². The highest BCUT2D eigenvalue weighted by atomic mass is 32.1. The van der Waals surface area contributed by atoms with Gasteiger partial charge in [-0.05, 0) is 36.4 Å². The van der Waals surface area contributed by atoms with Crippen LogP contribution in [0.5, 0.6) is 0 Å². The van der Waals surface area contributed by atoms with Gasteiger partial charge in [0, 0.05) is 31.4 Å². The molecule has 4 rings (SSSR count). The number of thiophene rings is 1. The minimum atomic E-state index is 0.0170. The van der Waals surface area contributed by atoms with Gasteiger partial charge in [0.1, 0.15) is 0 Å². The molecule has 1 N–H and O–H groups in total. The normalized spacial score (nSPS) is 14.6. The Balaban J connectivity index is 1.51. The molecule has 0 unspecified atom stereocenters. The van der Waals surface area contributed by atoms with Crippen molar-refractivity contribution >= 4 is 39.7 Å². The molecule has 0 bridgehead atoms. The Morgan fingerprint density at radius 1 is 1.26 bits per heavy atom. The third-order valence-corrected chi connectivity index (χ3v) is 5.81. The van der Waals surface area contributed by atoms with Crippen molar-refractivity contribution in [3.8, 4) is 0 Å². The molecule has 7 heteroatoms. The van der Waals surface area contributed by atoms with Gasteiger partial charge in [-0.25, -0.2) is 0 Å². The molecule has 0 saturated carbocycles. The van der Waals surface area contributed by atoms with Gasteiger partial charge in [0.2, 0.25) is 5.91 Å². The highest BCUT2D eigenvalue weighted by Crippen LogP contribution is 2.33. The first-order valence-corrected chi connectivity index (χ1v) is 10.2. The first-order valence-electron chi connectivity index (χ1n) is 9.33. The number of hydrogen-bond acceptors (Lipinski definition) is 5. The molecule has 3 aromatic rings. The second kappa shape index (κ2) is 8.10. The Labute approximate surface area is 162 Å². The molecule has 27 heavy (non-hydrogen) atoms. The molecule has 1 saturated heterocycles. The van der Waals surface area contributed by atoms with Gasteiger partial charge in [-0.3, -0.25) is 9.48 Å². The summed E-state index contributed by atoms with van der Waals surface area (Å²) in [5.41, 5.74) is 2.13. The Morgan fingerprint density at radius 2 is 2.11 bits per heavy atom. The minimum absolute atomic E-state index is 0.0170. The van der Waals surface area contributed by atoms with Crippen molar-refractivity contribution < 1.29 is 9.53 Å². The maximum absolute atomic E-state index is 12.5. The molecule has 0 aliphatic carbocycles. The lowest BCUT2D eigenvalue weighted by molar-refractivity contribution is -0.116. The average Bonchev–Trinajstić information content (AvgIpc) is 3.31. The van der Waals surface area contributed by atoms with Gasteiger partial charge in [-0.1, -0.05) is 12.1 Å². The maximum atomic E-state index is 12.5. The standard InChI is InChI=1S/C20H24N4O2S/c1-23-16-7-3-8-17(24-10-12-26-13-11-24)19(16)20(22-23)21-18(25)9-2-5-15-6-4-14-27-15/h3-4,6-8,14H,2,5,9-13H2,1H3,(H,21,22,25). The van der Waals surface area contributed by atoms with Crippen molar-refractivity contribution in [2.24, 2.45) is 7.05 Å². The lowest BCUT2D eigenvalue weighted by Crippen LogP contribution is -2.36. The molecule has 1 aliphatic rings. The molecule has 6 nitrogen and oxygen atoms in total. The summed E-state index contributed by atoms with van der Waals surface area (Å²) in [6, 6.07) is 10.3. The number of nitrogens with one attached hydrogen (secondary N) is 1. The summed E-state index contributed by atoms with van der Waals surface area (Å²) in [7, 11) is 1.91. The molecule has 0 atom stereocenters.